The Balaban J connectivity index is 1.78. The fourth-order valence-electron chi connectivity index (χ4n) is 3.78. The van der Waals surface area contributed by atoms with Crippen molar-refractivity contribution in [1.82, 2.24) is 15.0 Å². The second kappa shape index (κ2) is 9.20. The maximum Gasteiger partial charge on any atom is 0.335 e. The number of benzene rings is 2. The summed E-state index contributed by atoms with van der Waals surface area (Å²) in [6, 6.07) is 8.71. The lowest BCUT2D eigenvalue weighted by Crippen LogP contribution is -2.19. The maximum absolute atomic E-state index is 14.6. The third-order valence-electron chi connectivity index (χ3n) is 5.69. The molecular weight excluding hydrogens is 471 g/mol. The van der Waals surface area contributed by atoms with Crippen molar-refractivity contribution in [3.05, 3.63) is 82.3 Å². The van der Waals surface area contributed by atoms with Crippen molar-refractivity contribution < 1.29 is 19.4 Å². The molecule has 2 aromatic carbocycles. The van der Waals surface area contributed by atoms with Crippen LogP contribution in [-0.4, -0.2) is 31.1 Å². The van der Waals surface area contributed by atoms with E-state index >= 15 is 0 Å². The minimum atomic E-state index is -1.16. The number of pyridine rings is 1. The lowest BCUT2D eigenvalue weighted by atomic mass is 10.0. The summed E-state index contributed by atoms with van der Waals surface area (Å²) in [7, 11) is 0. The van der Waals surface area contributed by atoms with Crippen LogP contribution in [0.2, 0.25) is 5.02 Å². The van der Waals surface area contributed by atoms with Gasteiger partial charge in [-0.25, -0.2) is 19.2 Å². The number of carboxylic acids is 1. The summed E-state index contributed by atoms with van der Waals surface area (Å²) in [5.74, 6) is -1.35. The lowest BCUT2D eigenvalue weighted by molar-refractivity contribution is 0.0683. The fourth-order valence-corrected chi connectivity index (χ4v) is 3.98. The normalized spacial score (nSPS) is 12.5. The van der Waals surface area contributed by atoms with E-state index in [1.165, 1.54) is 12.1 Å². The van der Waals surface area contributed by atoms with Gasteiger partial charge in [0.1, 0.15) is 11.4 Å². The molecule has 0 radical (unpaired) electrons. The van der Waals surface area contributed by atoms with Crippen molar-refractivity contribution >= 4 is 34.2 Å². The molecule has 1 atom stereocenters. The van der Waals surface area contributed by atoms with E-state index in [4.69, 9.17) is 11.6 Å². The molecule has 0 bridgehead atoms. The molecule has 9 heteroatoms. The van der Waals surface area contributed by atoms with E-state index in [1.807, 2.05) is 18.2 Å². The van der Waals surface area contributed by atoms with Gasteiger partial charge in [0.2, 0.25) is 0 Å². The molecular formula is C26H24ClFN4O3. The molecule has 0 aliphatic carbocycles. The van der Waals surface area contributed by atoms with Gasteiger partial charge in [-0.15, -0.1) is 0 Å². The molecule has 0 aliphatic heterocycles. The van der Waals surface area contributed by atoms with Crippen LogP contribution in [0.25, 0.3) is 22.0 Å². The van der Waals surface area contributed by atoms with Gasteiger partial charge >= 0.3 is 5.97 Å². The minimum absolute atomic E-state index is 0.00583. The topological polar surface area (TPSA) is 108 Å². The third-order valence-corrected chi connectivity index (χ3v) is 6.16. The number of carbonyl (C=O) groups is 1. The van der Waals surface area contributed by atoms with Gasteiger partial charge in [-0.1, -0.05) is 17.7 Å². The Hall–Kier alpha value is -3.62. The van der Waals surface area contributed by atoms with Gasteiger partial charge in [0.25, 0.3) is 0 Å². The summed E-state index contributed by atoms with van der Waals surface area (Å²) in [6.07, 6.45) is 3.26. The molecule has 4 rings (SSSR count). The Morgan fingerprint density at radius 3 is 2.43 bits per heavy atom. The average Bonchev–Trinajstić information content (AvgIpc) is 2.81. The molecule has 0 unspecified atom stereocenters. The van der Waals surface area contributed by atoms with Crippen LogP contribution in [0.15, 0.2) is 48.8 Å². The summed E-state index contributed by atoms with van der Waals surface area (Å²) in [5.41, 5.74) is 2.41. The molecule has 0 saturated heterocycles. The first-order valence-electron chi connectivity index (χ1n) is 10.9. The second-order valence-corrected chi connectivity index (χ2v) is 9.26. The second-order valence-electron chi connectivity index (χ2n) is 8.88. The SMILES string of the molecule is Cc1nc2ccc(-c3cnc(C(C)(C)O)nc3)cc2c(N[C@H](C)c2cc(C(=O)O)ccc2F)c1Cl. The van der Waals surface area contributed by atoms with Crippen molar-refractivity contribution in [3.63, 3.8) is 0 Å². The number of nitrogens with zero attached hydrogens (tertiary/aromatic N) is 3. The fraction of sp³-hybridized carbons (Fsp3) is 0.231. The third kappa shape index (κ3) is 4.94. The number of hydrogen-bond acceptors (Lipinski definition) is 6. The molecule has 0 aliphatic rings. The van der Waals surface area contributed by atoms with Gasteiger partial charge < -0.3 is 15.5 Å². The van der Waals surface area contributed by atoms with E-state index in [1.54, 1.807) is 40.1 Å². The van der Waals surface area contributed by atoms with Gasteiger partial charge in [-0.2, -0.15) is 0 Å². The molecule has 0 saturated carbocycles. The van der Waals surface area contributed by atoms with Crippen LogP contribution in [0.4, 0.5) is 10.1 Å². The maximum atomic E-state index is 14.6. The number of hydrogen-bond donors (Lipinski definition) is 3. The van der Waals surface area contributed by atoms with Crippen molar-refractivity contribution in [2.75, 3.05) is 5.32 Å². The molecule has 2 heterocycles. The number of carboxylic acid groups (broad SMARTS) is 1. The van der Waals surface area contributed by atoms with Crippen LogP contribution in [0.1, 0.15) is 54.3 Å². The molecule has 180 valence electrons. The van der Waals surface area contributed by atoms with E-state index < -0.39 is 23.4 Å². The average molecular weight is 495 g/mol. The Morgan fingerprint density at radius 2 is 1.80 bits per heavy atom. The predicted molar refractivity (Wildman–Crippen MR) is 133 cm³/mol. The van der Waals surface area contributed by atoms with Gasteiger partial charge in [0.05, 0.1) is 33.5 Å². The quantitative estimate of drug-likeness (QED) is 0.306. The van der Waals surface area contributed by atoms with Crippen molar-refractivity contribution in [2.45, 2.75) is 39.3 Å². The molecule has 35 heavy (non-hydrogen) atoms. The summed E-state index contributed by atoms with van der Waals surface area (Å²) in [6.45, 7) is 6.74. The Morgan fingerprint density at radius 1 is 1.11 bits per heavy atom. The molecule has 4 aromatic rings. The van der Waals surface area contributed by atoms with E-state index in [0.717, 1.165) is 17.2 Å². The lowest BCUT2D eigenvalue weighted by Gasteiger charge is -2.20. The Bertz CT molecular complexity index is 1440. The summed E-state index contributed by atoms with van der Waals surface area (Å²) in [4.78, 5) is 24.5. The molecule has 0 amide bonds. The number of fused-ring (bicyclic) bond motifs is 1. The number of anilines is 1. The highest BCUT2D eigenvalue weighted by Gasteiger charge is 2.21. The number of aryl methyl sites for hydroxylation is 1. The van der Waals surface area contributed by atoms with E-state index in [0.29, 0.717) is 33.1 Å². The molecule has 0 fully saturated rings. The van der Waals surface area contributed by atoms with Crippen molar-refractivity contribution in [2.24, 2.45) is 0 Å². The zero-order valence-corrected chi connectivity index (χ0v) is 20.4. The van der Waals surface area contributed by atoms with Crippen molar-refractivity contribution in [3.8, 4) is 11.1 Å². The predicted octanol–water partition coefficient (Wildman–Crippen LogP) is 5.89. The molecule has 2 aromatic heterocycles. The van der Waals surface area contributed by atoms with Crippen LogP contribution in [0.5, 0.6) is 0 Å². The van der Waals surface area contributed by atoms with E-state index in [-0.39, 0.29) is 11.1 Å². The highest BCUT2D eigenvalue weighted by atomic mass is 35.5. The van der Waals surface area contributed by atoms with Crippen LogP contribution < -0.4 is 5.32 Å². The number of nitrogens with one attached hydrogen (secondary N) is 1. The van der Waals surface area contributed by atoms with E-state index in [2.05, 4.69) is 20.3 Å². The van der Waals surface area contributed by atoms with Gasteiger partial charge in [-0.05, 0) is 63.6 Å². The molecule has 0 spiro atoms. The Labute approximate surface area is 206 Å². The summed E-state index contributed by atoms with van der Waals surface area (Å²) < 4.78 is 14.6. The Kier molecular flexibility index (Phi) is 6.44. The summed E-state index contributed by atoms with van der Waals surface area (Å²) >= 11 is 6.63. The number of aromatic nitrogens is 3. The first kappa shape index (κ1) is 24.5. The number of aliphatic hydroxyl groups is 1. The standard InChI is InChI=1S/C26H24ClFN4O3/c1-13(18-10-16(24(33)34)5-7-20(18)28)32-23-19-9-15(6-8-21(19)31-14(2)22(23)27)17-11-29-25(30-12-17)26(3,4)35/h5-13,35H,1-4H3,(H,31,32)(H,33,34)/t13-/m1/s1. The van der Waals surface area contributed by atoms with Crippen LogP contribution in [0.3, 0.4) is 0 Å². The monoisotopic (exact) mass is 494 g/mol. The van der Waals surface area contributed by atoms with Crippen LogP contribution >= 0.6 is 11.6 Å². The highest BCUT2D eigenvalue weighted by Crippen LogP contribution is 2.37. The van der Waals surface area contributed by atoms with E-state index in [9.17, 15) is 19.4 Å². The van der Waals surface area contributed by atoms with Crippen molar-refractivity contribution in [1.29, 1.82) is 0 Å². The minimum Gasteiger partial charge on any atom is -0.478 e. The molecule has 3 N–H and O–H groups in total. The summed E-state index contributed by atoms with van der Waals surface area (Å²) in [5, 5.41) is 23.7. The van der Waals surface area contributed by atoms with Crippen LogP contribution in [0, 0.1) is 12.7 Å². The number of aromatic carboxylic acids is 1. The first-order valence-corrected chi connectivity index (χ1v) is 11.3. The largest absolute Gasteiger partial charge is 0.478 e. The van der Waals surface area contributed by atoms with Gasteiger partial charge in [0.15, 0.2) is 5.82 Å². The smallest absolute Gasteiger partial charge is 0.335 e. The van der Waals surface area contributed by atoms with Crippen LogP contribution in [-0.2, 0) is 5.60 Å². The highest BCUT2D eigenvalue weighted by molar-refractivity contribution is 6.35. The van der Waals surface area contributed by atoms with Gasteiger partial charge in [-0.3, -0.25) is 4.98 Å². The first-order chi connectivity index (χ1) is 16.5. The van der Waals surface area contributed by atoms with Gasteiger partial charge in [0, 0.05) is 28.9 Å². The number of halogens is 2. The zero-order valence-electron chi connectivity index (χ0n) is 19.6. The zero-order chi connectivity index (χ0) is 25.5. The number of rotatable bonds is 6. The molecule has 7 nitrogen and oxygen atoms in total.